The lowest BCUT2D eigenvalue weighted by Crippen LogP contribution is -2.41. The van der Waals surface area contributed by atoms with Crippen molar-refractivity contribution in [3.63, 3.8) is 0 Å². The van der Waals surface area contributed by atoms with Crippen LogP contribution in [-0.4, -0.2) is 35.7 Å². The topological polar surface area (TPSA) is 38.8 Å². The Morgan fingerprint density at radius 1 is 1.15 bits per heavy atom. The number of carbonyl (C=O) groups is 1. The van der Waals surface area contributed by atoms with Crippen LogP contribution in [0.25, 0.3) is 0 Å². The van der Waals surface area contributed by atoms with Gasteiger partial charge < -0.3 is 14.2 Å². The van der Waals surface area contributed by atoms with Crippen molar-refractivity contribution in [3.05, 3.63) is 29.3 Å². The second kappa shape index (κ2) is 6.89. The Kier molecular flexibility index (Phi) is 5.50. The Morgan fingerprint density at radius 3 is 2.12 bits per heavy atom. The van der Waals surface area contributed by atoms with Gasteiger partial charge in [0.15, 0.2) is 0 Å². The van der Waals surface area contributed by atoms with E-state index in [-0.39, 0.29) is 12.5 Å². The van der Waals surface area contributed by atoms with Gasteiger partial charge in [0.25, 0.3) is 0 Å². The number of hydrogen-bond donors (Lipinski definition) is 0. The maximum absolute atomic E-state index is 13.2. The number of amides is 1. The molecule has 1 aromatic carbocycles. The summed E-state index contributed by atoms with van der Waals surface area (Å²) >= 11 is 0. The summed E-state index contributed by atoms with van der Waals surface area (Å²) in [6.07, 6.45) is -4.46. The quantitative estimate of drug-likeness (QED) is 0.762. The predicted octanol–water partition coefficient (Wildman–Crippen LogP) is 3.37. The van der Waals surface area contributed by atoms with Crippen LogP contribution in [0.5, 0.6) is 0 Å². The zero-order valence-corrected chi connectivity index (χ0v) is 16.0. The van der Waals surface area contributed by atoms with E-state index >= 15 is 0 Å². The molecule has 2 rings (SSSR count). The lowest BCUT2D eigenvalue weighted by molar-refractivity contribution is -0.137. The summed E-state index contributed by atoms with van der Waals surface area (Å²) in [5.74, 6) is -0.204. The molecule has 0 saturated carbocycles. The third-order valence-corrected chi connectivity index (χ3v) is 5.17. The summed E-state index contributed by atoms with van der Waals surface area (Å²) in [6, 6.07) is 3.48. The van der Waals surface area contributed by atoms with Gasteiger partial charge in [-0.05, 0) is 51.7 Å². The van der Waals surface area contributed by atoms with Crippen LogP contribution in [0.2, 0.25) is 0 Å². The van der Waals surface area contributed by atoms with Crippen LogP contribution in [-0.2, 0) is 26.8 Å². The molecule has 4 nitrogen and oxygen atoms in total. The highest BCUT2D eigenvalue weighted by molar-refractivity contribution is 6.62. The third-order valence-electron chi connectivity index (χ3n) is 5.17. The van der Waals surface area contributed by atoms with Gasteiger partial charge in [-0.1, -0.05) is 12.1 Å². The highest BCUT2D eigenvalue weighted by Gasteiger charge is 2.52. The van der Waals surface area contributed by atoms with E-state index in [1.165, 1.54) is 17.9 Å². The number of rotatable bonds is 4. The van der Waals surface area contributed by atoms with Crippen LogP contribution in [0, 0.1) is 0 Å². The lowest BCUT2D eigenvalue weighted by Gasteiger charge is -2.32. The van der Waals surface area contributed by atoms with Gasteiger partial charge in [-0.15, -0.1) is 0 Å². The molecule has 0 N–H and O–H groups in total. The first-order valence-corrected chi connectivity index (χ1v) is 8.59. The summed E-state index contributed by atoms with van der Waals surface area (Å²) in [5, 5.41) is 0. The largest absolute Gasteiger partial charge is 0.495 e. The summed E-state index contributed by atoms with van der Waals surface area (Å²) in [5.41, 5.74) is -1.09. The first-order valence-electron chi connectivity index (χ1n) is 8.59. The predicted molar refractivity (Wildman–Crippen MR) is 93.9 cm³/mol. The summed E-state index contributed by atoms with van der Waals surface area (Å²) in [6.45, 7) is 11.2. The number of benzene rings is 1. The Hall–Kier alpha value is -1.54. The van der Waals surface area contributed by atoms with Gasteiger partial charge in [0.2, 0.25) is 5.91 Å². The molecule has 0 spiro atoms. The summed E-state index contributed by atoms with van der Waals surface area (Å²) in [4.78, 5) is 13.2. The van der Waals surface area contributed by atoms with Gasteiger partial charge >= 0.3 is 13.3 Å². The van der Waals surface area contributed by atoms with Gasteiger partial charge in [-0.3, -0.25) is 4.79 Å². The molecule has 1 aliphatic rings. The molecule has 1 aliphatic heterocycles. The van der Waals surface area contributed by atoms with Crippen LogP contribution in [0.3, 0.4) is 0 Å². The van der Waals surface area contributed by atoms with Crippen LogP contribution >= 0.6 is 0 Å². The van der Waals surface area contributed by atoms with Crippen LogP contribution in [0.1, 0.15) is 52.7 Å². The van der Waals surface area contributed by atoms with Crippen molar-refractivity contribution >= 4 is 18.5 Å². The van der Waals surface area contributed by atoms with Crippen molar-refractivity contribution in [2.45, 2.75) is 65.5 Å². The maximum atomic E-state index is 13.2. The third kappa shape index (κ3) is 4.06. The van der Waals surface area contributed by atoms with E-state index in [1.54, 1.807) is 6.92 Å². The molecular formula is C18H25BF3NO3. The second-order valence-electron chi connectivity index (χ2n) is 7.53. The van der Waals surface area contributed by atoms with Crippen molar-refractivity contribution in [1.29, 1.82) is 0 Å². The molecule has 0 radical (unpaired) electrons. The summed E-state index contributed by atoms with van der Waals surface area (Å²) in [7, 11) is -0.789. The number of hydrogen-bond acceptors (Lipinski definition) is 3. The van der Waals surface area contributed by atoms with Crippen molar-refractivity contribution in [3.8, 4) is 0 Å². The molecule has 1 fully saturated rings. The minimum Gasteiger partial charge on any atom is -0.399 e. The number of alkyl halides is 3. The van der Waals surface area contributed by atoms with Gasteiger partial charge in [0, 0.05) is 20.0 Å². The molecule has 0 aromatic heterocycles. The maximum Gasteiger partial charge on any atom is 0.495 e. The van der Waals surface area contributed by atoms with E-state index < -0.39 is 30.1 Å². The lowest BCUT2D eigenvalue weighted by atomic mass is 9.75. The van der Waals surface area contributed by atoms with Gasteiger partial charge in [-0.2, -0.15) is 13.2 Å². The zero-order chi connectivity index (χ0) is 19.9. The van der Waals surface area contributed by atoms with E-state index in [1.807, 2.05) is 27.7 Å². The fourth-order valence-corrected chi connectivity index (χ4v) is 2.77. The molecule has 0 aliphatic carbocycles. The molecular weight excluding hydrogens is 346 g/mol. The Balaban J connectivity index is 2.47. The Morgan fingerprint density at radius 2 is 1.69 bits per heavy atom. The first kappa shape index (κ1) is 20.8. The second-order valence-corrected chi connectivity index (χ2v) is 7.53. The average molecular weight is 371 g/mol. The monoisotopic (exact) mass is 371 g/mol. The number of carbonyl (C=O) groups excluding carboxylic acids is 1. The number of nitrogens with zero attached hydrogens (tertiary/aromatic N) is 1. The molecule has 1 saturated heterocycles. The fraction of sp³-hybridized carbons (Fsp3) is 0.611. The molecule has 1 heterocycles. The van der Waals surface area contributed by atoms with E-state index in [4.69, 9.17) is 9.31 Å². The van der Waals surface area contributed by atoms with Gasteiger partial charge in [0.1, 0.15) is 0 Å². The van der Waals surface area contributed by atoms with Crippen molar-refractivity contribution in [2.24, 2.45) is 0 Å². The highest BCUT2D eigenvalue weighted by Crippen LogP contribution is 2.37. The molecule has 8 heteroatoms. The van der Waals surface area contributed by atoms with Crippen molar-refractivity contribution in [2.75, 3.05) is 6.54 Å². The van der Waals surface area contributed by atoms with Gasteiger partial charge in [-0.25, -0.2) is 0 Å². The van der Waals surface area contributed by atoms with Gasteiger partial charge in [0.05, 0.1) is 16.8 Å². The zero-order valence-electron chi connectivity index (χ0n) is 16.0. The summed E-state index contributed by atoms with van der Waals surface area (Å²) < 4.78 is 51.4. The minimum absolute atomic E-state index is 0.0646. The molecule has 0 unspecified atom stereocenters. The highest BCUT2D eigenvalue weighted by atomic mass is 19.4. The first-order chi connectivity index (χ1) is 11.8. The molecule has 0 bridgehead atoms. The van der Waals surface area contributed by atoms with E-state index in [9.17, 15) is 18.0 Å². The SMILES string of the molecule is CCN(Cc1cc(C(F)(F)F)ccc1B1OC(C)(C)C(C)(C)O1)C(C)=O. The van der Waals surface area contributed by atoms with Crippen molar-refractivity contribution in [1.82, 2.24) is 4.90 Å². The fourth-order valence-electron chi connectivity index (χ4n) is 2.77. The van der Waals surface area contributed by atoms with Crippen LogP contribution in [0.4, 0.5) is 13.2 Å². The molecule has 1 amide bonds. The van der Waals surface area contributed by atoms with Crippen LogP contribution < -0.4 is 5.46 Å². The smallest absolute Gasteiger partial charge is 0.399 e. The van der Waals surface area contributed by atoms with E-state index in [2.05, 4.69) is 0 Å². The Bertz CT molecular complexity index is 673. The molecule has 0 atom stereocenters. The molecule has 26 heavy (non-hydrogen) atoms. The molecule has 144 valence electrons. The average Bonchev–Trinajstić information content (AvgIpc) is 2.71. The normalized spacial score (nSPS) is 18.9. The van der Waals surface area contributed by atoms with Crippen LogP contribution in [0.15, 0.2) is 18.2 Å². The Labute approximate surface area is 152 Å². The standard InChI is InChI=1S/C18H25BF3NO3/c1-7-23(12(2)24)11-13-10-14(18(20,21)22)8-9-15(13)19-25-16(3,4)17(5,6)26-19/h8-10H,7,11H2,1-6H3. The van der Waals surface area contributed by atoms with Crippen molar-refractivity contribution < 1.29 is 27.3 Å². The van der Waals surface area contributed by atoms with E-state index in [0.29, 0.717) is 17.6 Å². The number of halogens is 3. The van der Waals surface area contributed by atoms with E-state index in [0.717, 1.165) is 12.1 Å². The minimum atomic E-state index is -4.46. The molecule has 1 aromatic rings.